The third kappa shape index (κ3) is 2.09. The smallest absolute Gasteiger partial charge is 0.306 e. The Balaban J connectivity index is 2.02. The van der Waals surface area contributed by atoms with Crippen LogP contribution in [0.1, 0.15) is 5.69 Å². The van der Waals surface area contributed by atoms with E-state index in [9.17, 15) is 4.79 Å². The number of hydrogen-bond donors (Lipinski definition) is 0. The fourth-order valence-corrected chi connectivity index (χ4v) is 1.85. The summed E-state index contributed by atoms with van der Waals surface area (Å²) in [6.07, 6.45) is 4.39. The van der Waals surface area contributed by atoms with Gasteiger partial charge in [0.25, 0.3) is 0 Å². The van der Waals surface area contributed by atoms with Crippen LogP contribution in [0.2, 0.25) is 0 Å². The fraction of sp³-hybridized carbons (Fsp3) is 0.200. The highest BCUT2D eigenvalue weighted by Gasteiger charge is 1.97. The van der Waals surface area contributed by atoms with Gasteiger partial charge in [0.1, 0.15) is 0 Å². The van der Waals surface area contributed by atoms with Crippen LogP contribution in [0.5, 0.6) is 0 Å². The maximum absolute atomic E-state index is 11.2. The van der Waals surface area contributed by atoms with Gasteiger partial charge in [-0.25, -0.2) is 0 Å². The topological polar surface area (TPSA) is 34.9 Å². The number of rotatable bonds is 3. The second kappa shape index (κ2) is 4.19. The second-order valence-corrected chi connectivity index (χ2v) is 3.79. The normalized spacial score (nSPS) is 10.3. The Morgan fingerprint density at radius 2 is 2.36 bits per heavy atom. The van der Waals surface area contributed by atoms with Crippen LogP contribution in [0.3, 0.4) is 0 Å². The summed E-state index contributed by atoms with van der Waals surface area (Å²) < 4.78 is 1.71. The van der Waals surface area contributed by atoms with Gasteiger partial charge in [0.2, 0.25) is 0 Å². The zero-order chi connectivity index (χ0) is 9.80. The lowest BCUT2D eigenvalue weighted by Gasteiger charge is -2.00. The number of thiazole rings is 1. The van der Waals surface area contributed by atoms with Gasteiger partial charge in [0.05, 0.1) is 0 Å². The van der Waals surface area contributed by atoms with Gasteiger partial charge in [0.15, 0.2) is 0 Å². The largest absolute Gasteiger partial charge is 0.307 e. The highest BCUT2D eigenvalue weighted by Crippen LogP contribution is 1.97. The number of pyridine rings is 1. The Morgan fingerprint density at radius 3 is 3.00 bits per heavy atom. The molecule has 0 bridgehead atoms. The summed E-state index contributed by atoms with van der Waals surface area (Å²) in [6, 6.07) is 5.82. The lowest BCUT2D eigenvalue weighted by Crippen LogP contribution is -2.13. The molecule has 0 saturated carbocycles. The van der Waals surface area contributed by atoms with Crippen LogP contribution in [-0.4, -0.2) is 9.55 Å². The van der Waals surface area contributed by atoms with Gasteiger partial charge in [-0.1, -0.05) is 17.4 Å². The highest BCUT2D eigenvalue weighted by molar-refractivity contribution is 7.07. The summed E-state index contributed by atoms with van der Waals surface area (Å²) in [5.41, 5.74) is 1.02. The minimum atomic E-state index is 0.0981. The molecule has 0 aliphatic heterocycles. The molecule has 2 aromatic rings. The van der Waals surface area contributed by atoms with E-state index in [0.717, 1.165) is 12.1 Å². The number of nitrogens with zero attached hydrogens (tertiary/aromatic N) is 2. The molecule has 0 saturated heterocycles. The van der Waals surface area contributed by atoms with Gasteiger partial charge in [-0.2, -0.15) is 0 Å². The third-order valence-corrected chi connectivity index (χ3v) is 2.67. The van der Waals surface area contributed by atoms with Crippen molar-refractivity contribution < 1.29 is 0 Å². The quantitative estimate of drug-likeness (QED) is 0.763. The number of hydrogen-bond acceptors (Lipinski definition) is 3. The highest BCUT2D eigenvalue weighted by atomic mass is 32.1. The molecule has 72 valence electrons. The predicted molar refractivity (Wildman–Crippen MR) is 56.5 cm³/mol. The fourth-order valence-electron chi connectivity index (χ4n) is 1.24. The van der Waals surface area contributed by atoms with Gasteiger partial charge in [-0.3, -0.25) is 9.78 Å². The summed E-state index contributed by atoms with van der Waals surface area (Å²) in [5.74, 6) is 0. The molecule has 2 rings (SSSR count). The van der Waals surface area contributed by atoms with Crippen LogP contribution < -0.4 is 4.87 Å². The van der Waals surface area contributed by atoms with Crippen molar-refractivity contribution in [2.24, 2.45) is 0 Å². The Kier molecular flexibility index (Phi) is 2.74. The first-order chi connectivity index (χ1) is 6.86. The van der Waals surface area contributed by atoms with Crippen molar-refractivity contribution in [1.82, 2.24) is 9.55 Å². The summed E-state index contributed by atoms with van der Waals surface area (Å²) in [4.78, 5) is 15.5. The Bertz CT molecular complexity index is 446. The molecule has 0 atom stereocenters. The molecule has 14 heavy (non-hydrogen) atoms. The summed E-state index contributed by atoms with van der Waals surface area (Å²) in [5, 5.41) is 1.81. The van der Waals surface area contributed by atoms with Crippen LogP contribution in [0.4, 0.5) is 0 Å². The van der Waals surface area contributed by atoms with Crippen molar-refractivity contribution in [2.45, 2.75) is 13.0 Å². The monoisotopic (exact) mass is 206 g/mol. The van der Waals surface area contributed by atoms with Crippen LogP contribution >= 0.6 is 11.3 Å². The third-order valence-electron chi connectivity index (χ3n) is 1.98. The zero-order valence-electron chi connectivity index (χ0n) is 7.59. The van der Waals surface area contributed by atoms with Crippen LogP contribution in [0, 0.1) is 0 Å². The van der Waals surface area contributed by atoms with E-state index in [1.165, 1.54) is 11.3 Å². The van der Waals surface area contributed by atoms with E-state index in [-0.39, 0.29) is 4.87 Å². The Hall–Kier alpha value is -1.42. The second-order valence-electron chi connectivity index (χ2n) is 2.93. The van der Waals surface area contributed by atoms with E-state index in [1.54, 1.807) is 16.1 Å². The molecule has 0 unspecified atom stereocenters. The van der Waals surface area contributed by atoms with Gasteiger partial charge >= 0.3 is 4.87 Å². The van der Waals surface area contributed by atoms with Crippen molar-refractivity contribution in [1.29, 1.82) is 0 Å². The van der Waals surface area contributed by atoms with E-state index < -0.39 is 0 Å². The molecule has 0 spiro atoms. The molecular weight excluding hydrogens is 196 g/mol. The Labute approximate surface area is 85.7 Å². The zero-order valence-corrected chi connectivity index (χ0v) is 8.41. The summed E-state index contributed by atoms with van der Waals surface area (Å²) in [7, 11) is 0. The first kappa shape index (κ1) is 9.15. The van der Waals surface area contributed by atoms with E-state index in [4.69, 9.17) is 0 Å². The van der Waals surface area contributed by atoms with Gasteiger partial charge in [-0.05, 0) is 12.1 Å². The molecule has 4 heteroatoms. The predicted octanol–water partition coefficient (Wildman–Crippen LogP) is 1.55. The summed E-state index contributed by atoms with van der Waals surface area (Å²) >= 11 is 1.23. The summed E-state index contributed by atoms with van der Waals surface area (Å²) in [6.45, 7) is 0.708. The molecule has 3 nitrogen and oxygen atoms in total. The standard InChI is InChI=1S/C10H10N2OS/c13-10-12(7-8-14-10)6-4-9-3-1-2-5-11-9/h1-3,5,7-8H,4,6H2. The van der Waals surface area contributed by atoms with Gasteiger partial charge in [-0.15, -0.1) is 0 Å². The van der Waals surface area contributed by atoms with E-state index in [2.05, 4.69) is 4.98 Å². The maximum atomic E-state index is 11.2. The van der Waals surface area contributed by atoms with Crippen molar-refractivity contribution in [3.63, 3.8) is 0 Å². The lowest BCUT2D eigenvalue weighted by atomic mass is 10.3. The lowest BCUT2D eigenvalue weighted by molar-refractivity contribution is 0.676. The van der Waals surface area contributed by atoms with E-state index in [0.29, 0.717) is 6.54 Å². The van der Waals surface area contributed by atoms with Crippen molar-refractivity contribution in [2.75, 3.05) is 0 Å². The number of aryl methyl sites for hydroxylation is 2. The minimum absolute atomic E-state index is 0.0981. The van der Waals surface area contributed by atoms with Crippen molar-refractivity contribution in [3.05, 3.63) is 51.3 Å². The molecule has 0 radical (unpaired) electrons. The average Bonchev–Trinajstić information content (AvgIpc) is 2.63. The molecule has 0 fully saturated rings. The maximum Gasteiger partial charge on any atom is 0.307 e. The molecule has 0 aliphatic carbocycles. The molecule has 2 heterocycles. The average molecular weight is 206 g/mol. The SMILES string of the molecule is O=c1sccn1CCc1ccccn1. The van der Waals surface area contributed by atoms with Gasteiger partial charge < -0.3 is 4.57 Å². The van der Waals surface area contributed by atoms with Crippen LogP contribution in [0.25, 0.3) is 0 Å². The molecule has 2 aromatic heterocycles. The molecular formula is C10H10N2OS. The first-order valence-corrected chi connectivity index (χ1v) is 5.28. The minimum Gasteiger partial charge on any atom is -0.306 e. The van der Waals surface area contributed by atoms with E-state index >= 15 is 0 Å². The van der Waals surface area contributed by atoms with Gasteiger partial charge in [0, 0.05) is 36.4 Å². The van der Waals surface area contributed by atoms with Crippen molar-refractivity contribution >= 4 is 11.3 Å². The van der Waals surface area contributed by atoms with Crippen LogP contribution in [-0.2, 0) is 13.0 Å². The number of aromatic nitrogens is 2. The van der Waals surface area contributed by atoms with Crippen LogP contribution in [0.15, 0.2) is 40.8 Å². The molecule has 0 aliphatic rings. The van der Waals surface area contributed by atoms with Crippen molar-refractivity contribution in [3.8, 4) is 0 Å². The Morgan fingerprint density at radius 1 is 1.43 bits per heavy atom. The molecule has 0 aromatic carbocycles. The molecule has 0 amide bonds. The first-order valence-electron chi connectivity index (χ1n) is 4.40. The van der Waals surface area contributed by atoms with E-state index in [1.807, 2.05) is 24.4 Å². The molecule has 0 N–H and O–H groups in total.